The number of hydrogen-bond acceptors (Lipinski definition) is 4. The Morgan fingerprint density at radius 3 is 2.60 bits per heavy atom. The Balaban J connectivity index is 2.46. The number of anilines is 1. The molecule has 20 heavy (non-hydrogen) atoms. The molecule has 1 aromatic heterocycles. The van der Waals surface area contributed by atoms with Crippen LogP contribution in [0.1, 0.15) is 11.4 Å². The molecule has 1 aromatic carbocycles. The Morgan fingerprint density at radius 2 is 2.10 bits per heavy atom. The van der Waals surface area contributed by atoms with E-state index in [9.17, 15) is 8.42 Å². The molecule has 0 fully saturated rings. The van der Waals surface area contributed by atoms with Gasteiger partial charge in [-0.2, -0.15) is 5.10 Å². The number of halogens is 2. The SMILES string of the molecule is Cc1nn(C)c(CS(=O)(=O)c2ccc(N)cc2Cl)c1Br. The predicted molar refractivity (Wildman–Crippen MR) is 82.4 cm³/mol. The molecule has 0 radical (unpaired) electrons. The second-order valence-electron chi connectivity index (χ2n) is 4.42. The minimum atomic E-state index is -3.57. The first-order valence-electron chi connectivity index (χ1n) is 5.68. The van der Waals surface area contributed by atoms with Crippen molar-refractivity contribution in [1.29, 1.82) is 0 Å². The van der Waals surface area contributed by atoms with Gasteiger partial charge in [-0.05, 0) is 41.1 Å². The molecule has 0 unspecified atom stereocenters. The van der Waals surface area contributed by atoms with E-state index in [0.717, 1.165) is 5.69 Å². The number of nitrogens with two attached hydrogens (primary N) is 1. The standard InChI is InChI=1S/C12H13BrClN3O2S/c1-7-12(13)10(17(2)16-7)6-20(18,19)11-4-3-8(15)5-9(11)14/h3-5H,6,15H2,1-2H3. The molecule has 0 aliphatic heterocycles. The molecule has 2 rings (SSSR count). The molecule has 2 aromatic rings. The van der Waals surface area contributed by atoms with Crippen molar-refractivity contribution in [2.24, 2.45) is 7.05 Å². The van der Waals surface area contributed by atoms with Crippen LogP contribution < -0.4 is 5.73 Å². The van der Waals surface area contributed by atoms with Gasteiger partial charge in [-0.3, -0.25) is 4.68 Å². The lowest BCUT2D eigenvalue weighted by molar-refractivity contribution is 0.591. The van der Waals surface area contributed by atoms with Crippen molar-refractivity contribution in [1.82, 2.24) is 9.78 Å². The third kappa shape index (κ3) is 2.84. The Kier molecular flexibility index (Phi) is 4.13. The fourth-order valence-corrected chi connectivity index (χ4v) is 4.55. The number of benzene rings is 1. The highest BCUT2D eigenvalue weighted by atomic mass is 79.9. The Hall–Kier alpha value is -1.05. The van der Waals surface area contributed by atoms with Gasteiger partial charge in [0.2, 0.25) is 0 Å². The van der Waals surface area contributed by atoms with Crippen molar-refractivity contribution in [2.45, 2.75) is 17.6 Å². The van der Waals surface area contributed by atoms with Crippen LogP contribution in [0.4, 0.5) is 5.69 Å². The molecule has 0 saturated heterocycles. The van der Waals surface area contributed by atoms with Crippen molar-refractivity contribution in [3.05, 3.63) is 39.1 Å². The minimum absolute atomic E-state index is 0.0686. The van der Waals surface area contributed by atoms with Crippen LogP contribution in [0.3, 0.4) is 0 Å². The lowest BCUT2D eigenvalue weighted by atomic mass is 10.3. The summed E-state index contributed by atoms with van der Waals surface area (Å²) in [6, 6.07) is 4.37. The maximum absolute atomic E-state index is 12.5. The van der Waals surface area contributed by atoms with Crippen LogP contribution in [0.15, 0.2) is 27.6 Å². The number of sulfone groups is 1. The van der Waals surface area contributed by atoms with E-state index in [1.165, 1.54) is 18.2 Å². The molecule has 108 valence electrons. The normalized spacial score (nSPS) is 11.8. The smallest absolute Gasteiger partial charge is 0.185 e. The van der Waals surface area contributed by atoms with Crippen LogP contribution >= 0.6 is 27.5 Å². The predicted octanol–water partition coefficient (Wildman–Crippen LogP) is 2.70. The molecule has 0 saturated carbocycles. The molecule has 0 bridgehead atoms. The zero-order chi connectivity index (χ0) is 15.1. The van der Waals surface area contributed by atoms with Gasteiger partial charge in [0.05, 0.1) is 31.5 Å². The number of aryl methyl sites for hydroxylation is 2. The zero-order valence-corrected chi connectivity index (χ0v) is 14.1. The fraction of sp³-hybridized carbons (Fsp3) is 0.250. The lowest BCUT2D eigenvalue weighted by Crippen LogP contribution is -2.10. The van der Waals surface area contributed by atoms with Gasteiger partial charge < -0.3 is 5.73 Å². The molecule has 5 nitrogen and oxygen atoms in total. The first-order valence-corrected chi connectivity index (χ1v) is 8.50. The van der Waals surface area contributed by atoms with Gasteiger partial charge in [0.15, 0.2) is 9.84 Å². The molecular formula is C12H13BrClN3O2S. The Bertz CT molecular complexity index is 771. The zero-order valence-electron chi connectivity index (χ0n) is 10.9. The highest BCUT2D eigenvalue weighted by Crippen LogP contribution is 2.29. The van der Waals surface area contributed by atoms with E-state index in [-0.39, 0.29) is 15.7 Å². The summed E-state index contributed by atoms with van der Waals surface area (Å²) in [6.07, 6.45) is 0. The monoisotopic (exact) mass is 377 g/mol. The van der Waals surface area contributed by atoms with Gasteiger partial charge in [-0.15, -0.1) is 0 Å². The van der Waals surface area contributed by atoms with E-state index in [4.69, 9.17) is 17.3 Å². The van der Waals surface area contributed by atoms with Gasteiger partial charge >= 0.3 is 0 Å². The third-order valence-electron chi connectivity index (χ3n) is 2.88. The van der Waals surface area contributed by atoms with E-state index in [2.05, 4.69) is 21.0 Å². The summed E-state index contributed by atoms with van der Waals surface area (Å²) < 4.78 is 27.2. The molecule has 1 heterocycles. The van der Waals surface area contributed by atoms with Crippen molar-refractivity contribution in [3.8, 4) is 0 Å². The number of nitrogen functional groups attached to an aromatic ring is 1. The maximum Gasteiger partial charge on any atom is 0.185 e. The number of hydrogen-bond donors (Lipinski definition) is 1. The summed E-state index contributed by atoms with van der Waals surface area (Å²) >= 11 is 9.33. The molecular weight excluding hydrogens is 366 g/mol. The third-order valence-corrected chi connectivity index (χ3v) is 6.02. The summed E-state index contributed by atoms with van der Waals surface area (Å²) in [5.74, 6) is -0.186. The molecule has 0 aliphatic rings. The largest absolute Gasteiger partial charge is 0.399 e. The Labute approximate surface area is 130 Å². The molecule has 0 atom stereocenters. The highest BCUT2D eigenvalue weighted by molar-refractivity contribution is 9.10. The lowest BCUT2D eigenvalue weighted by Gasteiger charge is -2.08. The van der Waals surface area contributed by atoms with E-state index in [0.29, 0.717) is 15.9 Å². The molecule has 0 aliphatic carbocycles. The van der Waals surface area contributed by atoms with E-state index in [1.807, 2.05) is 0 Å². The first-order chi connectivity index (χ1) is 9.22. The molecule has 0 amide bonds. The van der Waals surface area contributed by atoms with E-state index >= 15 is 0 Å². The Morgan fingerprint density at radius 1 is 1.45 bits per heavy atom. The topological polar surface area (TPSA) is 78.0 Å². The van der Waals surface area contributed by atoms with Gasteiger partial charge in [0.25, 0.3) is 0 Å². The summed E-state index contributed by atoms with van der Waals surface area (Å²) in [5, 5.41) is 4.30. The number of aromatic nitrogens is 2. The molecule has 0 spiro atoms. The van der Waals surface area contributed by atoms with Crippen molar-refractivity contribution < 1.29 is 8.42 Å². The van der Waals surface area contributed by atoms with Crippen LogP contribution in [0.25, 0.3) is 0 Å². The van der Waals surface area contributed by atoms with Crippen molar-refractivity contribution >= 4 is 43.1 Å². The molecule has 8 heteroatoms. The van der Waals surface area contributed by atoms with E-state index in [1.54, 1.807) is 18.7 Å². The summed E-state index contributed by atoms with van der Waals surface area (Å²) in [7, 11) is -1.87. The maximum atomic E-state index is 12.5. The second kappa shape index (κ2) is 5.38. The van der Waals surface area contributed by atoms with Crippen LogP contribution in [-0.4, -0.2) is 18.2 Å². The number of rotatable bonds is 3. The minimum Gasteiger partial charge on any atom is -0.399 e. The first kappa shape index (κ1) is 15.3. The quantitative estimate of drug-likeness (QED) is 0.833. The second-order valence-corrected chi connectivity index (χ2v) is 7.58. The van der Waals surface area contributed by atoms with Crippen LogP contribution in [0.2, 0.25) is 5.02 Å². The summed E-state index contributed by atoms with van der Waals surface area (Å²) in [6.45, 7) is 1.80. The van der Waals surface area contributed by atoms with E-state index < -0.39 is 9.84 Å². The summed E-state index contributed by atoms with van der Waals surface area (Å²) in [4.78, 5) is 0.0686. The van der Waals surface area contributed by atoms with Crippen LogP contribution in [-0.2, 0) is 22.6 Å². The van der Waals surface area contributed by atoms with Crippen molar-refractivity contribution in [2.75, 3.05) is 5.73 Å². The van der Waals surface area contributed by atoms with Gasteiger partial charge in [-0.1, -0.05) is 11.6 Å². The van der Waals surface area contributed by atoms with Gasteiger partial charge in [-0.25, -0.2) is 8.42 Å². The average Bonchev–Trinajstić information content (AvgIpc) is 2.55. The van der Waals surface area contributed by atoms with Gasteiger partial charge in [0.1, 0.15) is 0 Å². The van der Waals surface area contributed by atoms with Gasteiger partial charge in [0, 0.05) is 12.7 Å². The summed E-state index contributed by atoms with van der Waals surface area (Å²) in [5.41, 5.74) is 7.31. The molecule has 2 N–H and O–H groups in total. The average molecular weight is 379 g/mol. The highest BCUT2D eigenvalue weighted by Gasteiger charge is 2.23. The van der Waals surface area contributed by atoms with Crippen LogP contribution in [0.5, 0.6) is 0 Å². The fourth-order valence-electron chi connectivity index (χ4n) is 1.86. The number of nitrogens with zero attached hydrogens (tertiary/aromatic N) is 2. The van der Waals surface area contributed by atoms with Crippen molar-refractivity contribution in [3.63, 3.8) is 0 Å². The van der Waals surface area contributed by atoms with Crippen LogP contribution in [0, 0.1) is 6.92 Å².